The second kappa shape index (κ2) is 4.98. The summed E-state index contributed by atoms with van der Waals surface area (Å²) in [5.41, 5.74) is 0. The van der Waals surface area contributed by atoms with Crippen LogP contribution in [0.4, 0.5) is 4.79 Å². The van der Waals surface area contributed by atoms with E-state index in [0.717, 1.165) is 26.2 Å². The van der Waals surface area contributed by atoms with Crippen molar-refractivity contribution < 1.29 is 9.53 Å². The van der Waals surface area contributed by atoms with Gasteiger partial charge in [0.25, 0.3) is 0 Å². The zero-order chi connectivity index (χ0) is 12.4. The number of nitrogens with zero attached hydrogens (tertiary/aromatic N) is 2. The summed E-state index contributed by atoms with van der Waals surface area (Å²) in [4.78, 5) is 15.9. The first-order chi connectivity index (χ1) is 8.10. The number of amides is 1. The third-order valence-corrected chi connectivity index (χ3v) is 3.57. The van der Waals surface area contributed by atoms with Gasteiger partial charge >= 0.3 is 6.09 Å². The van der Waals surface area contributed by atoms with Gasteiger partial charge in [-0.25, -0.2) is 4.79 Å². The first kappa shape index (κ1) is 12.3. The Labute approximate surface area is 103 Å². The van der Waals surface area contributed by atoms with E-state index < -0.39 is 0 Å². The van der Waals surface area contributed by atoms with Gasteiger partial charge < -0.3 is 14.5 Å². The predicted molar refractivity (Wildman–Crippen MR) is 66.5 cm³/mol. The number of hydrogen-bond acceptors (Lipinski definition) is 3. The molecule has 0 spiro atoms. The first-order valence-electron chi connectivity index (χ1n) is 6.38. The molecule has 2 heterocycles. The van der Waals surface area contributed by atoms with E-state index in [-0.39, 0.29) is 6.09 Å². The van der Waals surface area contributed by atoms with Gasteiger partial charge in [-0.3, -0.25) is 0 Å². The lowest BCUT2D eigenvalue weighted by Gasteiger charge is -2.20. The number of carbonyl (C=O) groups is 1. The number of rotatable bonds is 3. The highest BCUT2D eigenvalue weighted by Gasteiger charge is 2.41. The lowest BCUT2D eigenvalue weighted by molar-refractivity contribution is 0.0962. The van der Waals surface area contributed by atoms with E-state index in [1.165, 1.54) is 0 Å². The summed E-state index contributed by atoms with van der Waals surface area (Å²) in [6, 6.07) is 0. The summed E-state index contributed by atoms with van der Waals surface area (Å²) in [6.07, 6.45) is 1.76. The Morgan fingerprint density at radius 1 is 1.35 bits per heavy atom. The second-order valence-corrected chi connectivity index (χ2v) is 5.53. The van der Waals surface area contributed by atoms with E-state index in [4.69, 9.17) is 4.74 Å². The largest absolute Gasteiger partial charge is 0.449 e. The van der Waals surface area contributed by atoms with E-state index in [0.29, 0.717) is 24.4 Å². The first-order valence-corrected chi connectivity index (χ1v) is 6.38. The maximum atomic E-state index is 11.8. The van der Waals surface area contributed by atoms with Crippen molar-refractivity contribution in [3.05, 3.63) is 12.8 Å². The van der Waals surface area contributed by atoms with Gasteiger partial charge in [0, 0.05) is 38.0 Å². The molecule has 2 aliphatic rings. The Kier molecular flexibility index (Phi) is 3.60. The minimum absolute atomic E-state index is 0.141. The number of ether oxygens (including phenoxy) is 1. The number of carbonyl (C=O) groups excluding carboxylic acids is 1. The van der Waals surface area contributed by atoms with Gasteiger partial charge in [0.15, 0.2) is 0 Å². The van der Waals surface area contributed by atoms with Gasteiger partial charge in [0.1, 0.15) is 0 Å². The molecule has 2 atom stereocenters. The van der Waals surface area contributed by atoms with Crippen LogP contribution >= 0.6 is 0 Å². The Bertz CT molecular complexity index is 290. The van der Waals surface area contributed by atoms with Crippen molar-refractivity contribution in [1.29, 1.82) is 0 Å². The van der Waals surface area contributed by atoms with E-state index >= 15 is 0 Å². The molecule has 2 fully saturated rings. The third-order valence-electron chi connectivity index (χ3n) is 3.57. The van der Waals surface area contributed by atoms with Crippen LogP contribution in [0.1, 0.15) is 13.8 Å². The number of likely N-dealkylation sites (tertiary alicyclic amines) is 2. The van der Waals surface area contributed by atoms with Crippen molar-refractivity contribution in [3.8, 4) is 0 Å². The molecule has 0 N–H and O–H groups in total. The fraction of sp³-hybridized carbons (Fsp3) is 0.769. The summed E-state index contributed by atoms with van der Waals surface area (Å²) < 4.78 is 5.26. The normalized spacial score (nSPS) is 27.5. The van der Waals surface area contributed by atoms with Crippen LogP contribution < -0.4 is 0 Å². The fourth-order valence-electron chi connectivity index (χ4n) is 2.66. The highest BCUT2D eigenvalue weighted by molar-refractivity contribution is 5.68. The van der Waals surface area contributed by atoms with Crippen LogP contribution in [0, 0.1) is 17.8 Å². The topological polar surface area (TPSA) is 32.8 Å². The van der Waals surface area contributed by atoms with Crippen LogP contribution in [0.2, 0.25) is 0 Å². The molecule has 2 aliphatic heterocycles. The van der Waals surface area contributed by atoms with Crippen LogP contribution in [0.3, 0.4) is 0 Å². The fourth-order valence-corrected chi connectivity index (χ4v) is 2.66. The molecule has 0 radical (unpaired) electrons. The highest BCUT2D eigenvalue weighted by atomic mass is 16.6. The molecule has 4 heteroatoms. The average Bonchev–Trinajstić information content (AvgIpc) is 2.82. The molecule has 0 saturated carbocycles. The Morgan fingerprint density at radius 2 is 1.94 bits per heavy atom. The van der Waals surface area contributed by atoms with Crippen LogP contribution in [0.15, 0.2) is 12.8 Å². The van der Waals surface area contributed by atoms with E-state index in [2.05, 4.69) is 11.5 Å². The smallest absolute Gasteiger partial charge is 0.409 e. The molecule has 1 amide bonds. The minimum atomic E-state index is -0.141. The maximum absolute atomic E-state index is 11.8. The Morgan fingerprint density at radius 3 is 2.41 bits per heavy atom. The molecule has 2 saturated heterocycles. The summed E-state index contributed by atoms with van der Waals surface area (Å²) in [7, 11) is 0. The Balaban J connectivity index is 1.80. The molecule has 0 bridgehead atoms. The molecule has 0 aromatic carbocycles. The molecule has 2 rings (SSSR count). The van der Waals surface area contributed by atoms with E-state index in [1.54, 1.807) is 0 Å². The maximum Gasteiger partial charge on any atom is 0.409 e. The lowest BCUT2D eigenvalue weighted by Crippen LogP contribution is -2.33. The van der Waals surface area contributed by atoms with Gasteiger partial charge in [-0.05, 0) is 12.1 Å². The summed E-state index contributed by atoms with van der Waals surface area (Å²) >= 11 is 0. The Hall–Kier alpha value is -1.19. The molecular weight excluding hydrogens is 216 g/mol. The third kappa shape index (κ3) is 2.73. The zero-order valence-corrected chi connectivity index (χ0v) is 10.8. The van der Waals surface area contributed by atoms with Crippen molar-refractivity contribution in [2.75, 3.05) is 32.8 Å². The zero-order valence-electron chi connectivity index (χ0n) is 10.8. The molecule has 4 nitrogen and oxygen atoms in total. The van der Waals surface area contributed by atoms with Gasteiger partial charge in [-0.2, -0.15) is 0 Å². The number of hydrogen-bond donors (Lipinski definition) is 0. The van der Waals surface area contributed by atoms with Gasteiger partial charge in [-0.1, -0.05) is 20.4 Å². The molecular formula is C13H22N2O2. The molecule has 17 heavy (non-hydrogen) atoms. The van der Waals surface area contributed by atoms with Crippen LogP contribution in [-0.2, 0) is 4.74 Å². The molecule has 0 aromatic rings. The van der Waals surface area contributed by atoms with Crippen molar-refractivity contribution in [2.45, 2.75) is 13.8 Å². The highest BCUT2D eigenvalue weighted by Crippen LogP contribution is 2.31. The van der Waals surface area contributed by atoms with Crippen LogP contribution in [0.25, 0.3) is 0 Å². The second-order valence-electron chi connectivity index (χ2n) is 5.53. The summed E-state index contributed by atoms with van der Waals surface area (Å²) in [5.74, 6) is 1.59. The van der Waals surface area contributed by atoms with E-state index in [1.807, 2.05) is 24.9 Å². The summed E-state index contributed by atoms with van der Waals surface area (Å²) in [5, 5.41) is 0. The standard InChI is InChI=1S/C13H22N2O2/c1-4-14-5-11-7-15(8-12(11)6-14)13(16)17-9-10(2)3/h4,10-12H,1,5-9H2,2-3H3. The molecule has 96 valence electrons. The lowest BCUT2D eigenvalue weighted by atomic mass is 10.0. The molecule has 0 aromatic heterocycles. The van der Waals surface area contributed by atoms with Gasteiger partial charge in [0.05, 0.1) is 6.61 Å². The van der Waals surface area contributed by atoms with Crippen LogP contribution in [0.5, 0.6) is 0 Å². The van der Waals surface area contributed by atoms with Gasteiger partial charge in [-0.15, -0.1) is 0 Å². The SMILES string of the molecule is C=CN1CC2CN(C(=O)OCC(C)C)CC2C1. The van der Waals surface area contributed by atoms with Crippen LogP contribution in [-0.4, -0.2) is 48.7 Å². The van der Waals surface area contributed by atoms with Crippen molar-refractivity contribution >= 4 is 6.09 Å². The van der Waals surface area contributed by atoms with Crippen molar-refractivity contribution in [1.82, 2.24) is 9.80 Å². The molecule has 2 unspecified atom stereocenters. The van der Waals surface area contributed by atoms with E-state index in [9.17, 15) is 4.79 Å². The van der Waals surface area contributed by atoms with Crippen molar-refractivity contribution in [2.24, 2.45) is 17.8 Å². The average molecular weight is 238 g/mol. The molecule has 0 aliphatic carbocycles. The quantitative estimate of drug-likeness (QED) is 0.751. The van der Waals surface area contributed by atoms with Crippen molar-refractivity contribution in [3.63, 3.8) is 0 Å². The summed E-state index contributed by atoms with van der Waals surface area (Å²) in [6.45, 7) is 12.1. The monoisotopic (exact) mass is 238 g/mol. The predicted octanol–water partition coefficient (Wildman–Crippen LogP) is 1.79. The van der Waals surface area contributed by atoms with Gasteiger partial charge in [0.2, 0.25) is 0 Å². The number of fused-ring (bicyclic) bond motifs is 1. The minimum Gasteiger partial charge on any atom is -0.449 e.